The molecule has 18 heavy (non-hydrogen) atoms. The second kappa shape index (κ2) is 5.69. The van der Waals surface area contributed by atoms with E-state index in [1.807, 2.05) is 0 Å². The van der Waals surface area contributed by atoms with Crippen molar-refractivity contribution in [2.45, 2.75) is 57.1 Å². The van der Waals surface area contributed by atoms with Gasteiger partial charge in [0.05, 0.1) is 24.0 Å². The maximum Gasteiger partial charge on any atom is 0.307 e. The van der Waals surface area contributed by atoms with Crippen LogP contribution in [0, 0.1) is 11.8 Å². The number of carbonyl (C=O) groups is 2. The summed E-state index contributed by atoms with van der Waals surface area (Å²) in [5.41, 5.74) is 0. The molecule has 5 nitrogen and oxygen atoms in total. The van der Waals surface area contributed by atoms with Crippen molar-refractivity contribution in [1.29, 1.82) is 0 Å². The lowest BCUT2D eigenvalue weighted by atomic mass is 9.90. The molecule has 0 spiro atoms. The predicted molar refractivity (Wildman–Crippen MR) is 64.9 cm³/mol. The van der Waals surface area contributed by atoms with Gasteiger partial charge in [0.15, 0.2) is 0 Å². The Bertz CT molecular complexity index is 331. The molecule has 0 aromatic rings. The molecule has 2 rings (SSSR count). The monoisotopic (exact) mass is 255 g/mol. The SMILES string of the molecule is O=C(O)[C@H]1CCC[C@H]1C(=O)NC1CCCCC1O. The van der Waals surface area contributed by atoms with Gasteiger partial charge in [0.1, 0.15) is 0 Å². The number of rotatable bonds is 3. The highest BCUT2D eigenvalue weighted by atomic mass is 16.4. The molecule has 0 saturated heterocycles. The fraction of sp³-hybridized carbons (Fsp3) is 0.846. The van der Waals surface area contributed by atoms with Crippen LogP contribution in [0.2, 0.25) is 0 Å². The van der Waals surface area contributed by atoms with Gasteiger partial charge in [-0.1, -0.05) is 19.3 Å². The molecule has 0 aromatic heterocycles. The number of aliphatic carboxylic acids is 1. The third kappa shape index (κ3) is 2.83. The number of hydrogen-bond acceptors (Lipinski definition) is 3. The molecule has 2 unspecified atom stereocenters. The smallest absolute Gasteiger partial charge is 0.307 e. The number of aliphatic hydroxyl groups excluding tert-OH is 1. The zero-order valence-corrected chi connectivity index (χ0v) is 10.5. The summed E-state index contributed by atoms with van der Waals surface area (Å²) < 4.78 is 0. The van der Waals surface area contributed by atoms with E-state index in [4.69, 9.17) is 5.11 Å². The van der Waals surface area contributed by atoms with Crippen LogP contribution in [0.3, 0.4) is 0 Å². The largest absolute Gasteiger partial charge is 0.481 e. The average molecular weight is 255 g/mol. The Hall–Kier alpha value is -1.10. The van der Waals surface area contributed by atoms with Gasteiger partial charge in [-0.05, 0) is 25.7 Å². The first kappa shape index (κ1) is 13.3. The first-order valence-electron chi connectivity index (χ1n) is 6.81. The molecule has 3 N–H and O–H groups in total. The van der Waals surface area contributed by atoms with Crippen molar-refractivity contribution < 1.29 is 19.8 Å². The van der Waals surface area contributed by atoms with Gasteiger partial charge in [-0.2, -0.15) is 0 Å². The van der Waals surface area contributed by atoms with Gasteiger partial charge in [-0.15, -0.1) is 0 Å². The maximum atomic E-state index is 12.1. The number of hydrogen-bond donors (Lipinski definition) is 3. The van der Waals surface area contributed by atoms with E-state index in [2.05, 4.69) is 5.32 Å². The Labute approximate surface area is 107 Å². The van der Waals surface area contributed by atoms with Gasteiger partial charge in [0.25, 0.3) is 0 Å². The second-order valence-corrected chi connectivity index (χ2v) is 5.45. The third-order valence-corrected chi connectivity index (χ3v) is 4.23. The Morgan fingerprint density at radius 1 is 0.944 bits per heavy atom. The van der Waals surface area contributed by atoms with Crippen molar-refractivity contribution in [3.05, 3.63) is 0 Å². The highest BCUT2D eigenvalue weighted by molar-refractivity contribution is 5.85. The molecule has 0 heterocycles. The van der Waals surface area contributed by atoms with E-state index in [0.29, 0.717) is 12.8 Å². The lowest BCUT2D eigenvalue weighted by Gasteiger charge is -2.29. The predicted octanol–water partition coefficient (Wildman–Crippen LogP) is 0.907. The van der Waals surface area contributed by atoms with Crippen LogP contribution < -0.4 is 5.32 Å². The molecule has 4 atom stereocenters. The minimum absolute atomic E-state index is 0.189. The van der Waals surface area contributed by atoms with Crippen LogP contribution in [-0.4, -0.2) is 34.2 Å². The van der Waals surface area contributed by atoms with Crippen molar-refractivity contribution in [3.8, 4) is 0 Å². The zero-order chi connectivity index (χ0) is 13.1. The molecule has 0 bridgehead atoms. The van der Waals surface area contributed by atoms with E-state index < -0.39 is 23.9 Å². The van der Waals surface area contributed by atoms with Crippen molar-refractivity contribution in [2.75, 3.05) is 0 Å². The fourth-order valence-electron chi connectivity index (χ4n) is 3.14. The van der Waals surface area contributed by atoms with E-state index in [1.165, 1.54) is 0 Å². The zero-order valence-electron chi connectivity index (χ0n) is 10.5. The van der Waals surface area contributed by atoms with Crippen molar-refractivity contribution in [2.24, 2.45) is 11.8 Å². The molecule has 102 valence electrons. The van der Waals surface area contributed by atoms with Crippen LogP contribution in [0.5, 0.6) is 0 Å². The molecule has 0 aliphatic heterocycles. The molecule has 2 fully saturated rings. The maximum absolute atomic E-state index is 12.1. The minimum atomic E-state index is -0.878. The van der Waals surface area contributed by atoms with Gasteiger partial charge >= 0.3 is 5.97 Å². The van der Waals surface area contributed by atoms with E-state index in [-0.39, 0.29) is 11.9 Å². The number of aliphatic hydroxyl groups is 1. The topological polar surface area (TPSA) is 86.6 Å². The van der Waals surface area contributed by atoms with Crippen LogP contribution in [-0.2, 0) is 9.59 Å². The summed E-state index contributed by atoms with van der Waals surface area (Å²) >= 11 is 0. The highest BCUT2D eigenvalue weighted by Gasteiger charge is 2.39. The summed E-state index contributed by atoms with van der Waals surface area (Å²) in [7, 11) is 0. The van der Waals surface area contributed by atoms with Gasteiger partial charge in [0, 0.05) is 0 Å². The van der Waals surface area contributed by atoms with Crippen LogP contribution in [0.1, 0.15) is 44.9 Å². The van der Waals surface area contributed by atoms with Crippen LogP contribution >= 0.6 is 0 Å². The van der Waals surface area contributed by atoms with Crippen molar-refractivity contribution in [3.63, 3.8) is 0 Å². The minimum Gasteiger partial charge on any atom is -0.481 e. The molecule has 2 saturated carbocycles. The van der Waals surface area contributed by atoms with Gasteiger partial charge in [-0.3, -0.25) is 9.59 Å². The van der Waals surface area contributed by atoms with Gasteiger partial charge in [-0.25, -0.2) is 0 Å². The summed E-state index contributed by atoms with van der Waals surface area (Å²) in [4.78, 5) is 23.1. The van der Waals surface area contributed by atoms with E-state index in [9.17, 15) is 14.7 Å². The number of amides is 1. The first-order valence-corrected chi connectivity index (χ1v) is 6.81. The van der Waals surface area contributed by atoms with E-state index >= 15 is 0 Å². The van der Waals surface area contributed by atoms with Gasteiger partial charge in [0.2, 0.25) is 5.91 Å². The Kier molecular flexibility index (Phi) is 4.22. The Morgan fingerprint density at radius 2 is 1.61 bits per heavy atom. The second-order valence-electron chi connectivity index (χ2n) is 5.45. The standard InChI is InChI=1S/C13H21NO4/c15-11-7-2-1-6-10(11)14-12(16)8-4-3-5-9(8)13(17)18/h8-11,15H,1-7H2,(H,14,16)(H,17,18)/t8-,9+,10?,11?/m1/s1. The summed E-state index contributed by atoms with van der Waals surface area (Å²) in [6, 6.07) is -0.193. The fourth-order valence-corrected chi connectivity index (χ4v) is 3.14. The summed E-state index contributed by atoms with van der Waals surface area (Å²) in [6.07, 6.45) is 5.06. The molecule has 1 amide bonds. The van der Waals surface area contributed by atoms with Crippen LogP contribution in [0.4, 0.5) is 0 Å². The van der Waals surface area contributed by atoms with Crippen molar-refractivity contribution in [1.82, 2.24) is 5.32 Å². The molecule has 5 heteroatoms. The highest BCUT2D eigenvalue weighted by Crippen LogP contribution is 2.32. The summed E-state index contributed by atoms with van der Waals surface area (Å²) in [5, 5.41) is 21.7. The molecule has 0 radical (unpaired) electrons. The normalized spacial score (nSPS) is 36.3. The summed E-state index contributed by atoms with van der Waals surface area (Å²) in [6.45, 7) is 0. The molecule has 2 aliphatic carbocycles. The van der Waals surface area contributed by atoms with E-state index in [1.54, 1.807) is 0 Å². The Morgan fingerprint density at radius 3 is 2.28 bits per heavy atom. The number of nitrogens with one attached hydrogen (secondary N) is 1. The molecule has 2 aliphatic rings. The summed E-state index contributed by atoms with van der Waals surface area (Å²) in [5.74, 6) is -2.04. The van der Waals surface area contributed by atoms with E-state index in [0.717, 1.165) is 32.1 Å². The first-order chi connectivity index (χ1) is 8.59. The molecular weight excluding hydrogens is 234 g/mol. The molecule has 0 aromatic carbocycles. The van der Waals surface area contributed by atoms with Crippen LogP contribution in [0.25, 0.3) is 0 Å². The molecular formula is C13H21NO4. The average Bonchev–Trinajstić information content (AvgIpc) is 2.81. The number of carboxylic acids is 1. The lowest BCUT2D eigenvalue weighted by molar-refractivity contribution is -0.146. The number of carbonyl (C=O) groups excluding carboxylic acids is 1. The van der Waals surface area contributed by atoms with Crippen molar-refractivity contribution >= 4 is 11.9 Å². The quantitative estimate of drug-likeness (QED) is 0.699. The lowest BCUT2D eigenvalue weighted by Crippen LogP contribution is -2.48. The van der Waals surface area contributed by atoms with Crippen LogP contribution in [0.15, 0.2) is 0 Å². The van der Waals surface area contributed by atoms with Gasteiger partial charge < -0.3 is 15.5 Å². The third-order valence-electron chi connectivity index (χ3n) is 4.23. The number of carboxylic acid groups (broad SMARTS) is 1. The Balaban J connectivity index is 1.92.